The van der Waals surface area contributed by atoms with E-state index < -0.39 is 60.0 Å². The van der Waals surface area contributed by atoms with Gasteiger partial charge in [0.25, 0.3) is 0 Å². The molecular formula is C23H33F3N4O6. The van der Waals surface area contributed by atoms with Crippen LogP contribution in [0, 0.1) is 17.8 Å². The van der Waals surface area contributed by atoms with Crippen LogP contribution in [0.4, 0.5) is 13.2 Å². The van der Waals surface area contributed by atoms with Gasteiger partial charge in [-0.1, -0.05) is 6.42 Å². The molecule has 0 bridgehead atoms. The standard InChI is InChI=1S/C23H33F3N4O6/c1-22(2,3)29-20(34)21(35)30-10-13-5-4-6-14(13)17(30)19(33)28-15(9-12-7-8-27-18(12)32)16(31)11-36-23(24,25)26/h12-15,17H,4-11H2,1-3H3,(H,27,32)(H,28,33)(H,29,34)/t12-,13?,14?,15-,17?/m0/s1. The van der Waals surface area contributed by atoms with E-state index in [9.17, 15) is 37.1 Å². The summed E-state index contributed by atoms with van der Waals surface area (Å²) in [7, 11) is 0. The average Bonchev–Trinajstić information content (AvgIpc) is 3.45. The maximum Gasteiger partial charge on any atom is 0.522 e. The zero-order valence-electron chi connectivity index (χ0n) is 20.6. The molecule has 4 amide bonds. The summed E-state index contributed by atoms with van der Waals surface area (Å²) in [5.74, 6) is -4.78. The summed E-state index contributed by atoms with van der Waals surface area (Å²) in [5.41, 5.74) is -0.683. The lowest BCUT2D eigenvalue weighted by Crippen LogP contribution is -2.57. The molecule has 2 saturated heterocycles. The molecule has 0 aromatic carbocycles. The predicted octanol–water partition coefficient (Wildman–Crippen LogP) is 0.645. The molecule has 3 unspecified atom stereocenters. The second-order valence-electron chi connectivity index (χ2n) is 10.7. The first-order valence-electron chi connectivity index (χ1n) is 12.1. The molecule has 1 aliphatic carbocycles. The van der Waals surface area contributed by atoms with Crippen molar-refractivity contribution < 1.29 is 41.9 Å². The molecule has 3 fully saturated rings. The Kier molecular flexibility index (Phi) is 8.31. The van der Waals surface area contributed by atoms with Gasteiger partial charge in [-0.25, -0.2) is 0 Å². The number of alkyl halides is 3. The minimum Gasteiger partial charge on any atom is -0.356 e. The van der Waals surface area contributed by atoms with Crippen LogP contribution < -0.4 is 16.0 Å². The Labute approximate surface area is 207 Å². The van der Waals surface area contributed by atoms with Gasteiger partial charge in [-0.15, -0.1) is 13.2 Å². The van der Waals surface area contributed by atoms with Crippen molar-refractivity contribution >= 4 is 29.4 Å². The fourth-order valence-electron chi connectivity index (χ4n) is 5.31. The van der Waals surface area contributed by atoms with Crippen molar-refractivity contribution in [1.29, 1.82) is 0 Å². The van der Waals surface area contributed by atoms with Crippen LogP contribution >= 0.6 is 0 Å². The van der Waals surface area contributed by atoms with Crippen LogP contribution in [0.15, 0.2) is 0 Å². The lowest BCUT2D eigenvalue weighted by atomic mass is 9.92. The van der Waals surface area contributed by atoms with Crippen LogP contribution in [-0.2, 0) is 28.7 Å². The van der Waals surface area contributed by atoms with Crippen LogP contribution in [0.1, 0.15) is 52.9 Å². The molecule has 2 aliphatic heterocycles. The van der Waals surface area contributed by atoms with Gasteiger partial charge in [0.2, 0.25) is 11.8 Å². The topological polar surface area (TPSA) is 134 Å². The highest BCUT2D eigenvalue weighted by molar-refractivity contribution is 6.35. The van der Waals surface area contributed by atoms with Gasteiger partial charge in [-0.2, -0.15) is 0 Å². The molecule has 10 nitrogen and oxygen atoms in total. The Morgan fingerprint density at radius 2 is 1.83 bits per heavy atom. The second-order valence-corrected chi connectivity index (χ2v) is 10.7. The van der Waals surface area contributed by atoms with Gasteiger partial charge in [0.05, 0.1) is 6.04 Å². The third-order valence-corrected chi connectivity index (χ3v) is 6.87. The smallest absolute Gasteiger partial charge is 0.356 e. The number of halogens is 3. The maximum atomic E-state index is 13.4. The monoisotopic (exact) mass is 518 g/mol. The van der Waals surface area contributed by atoms with Crippen molar-refractivity contribution in [2.24, 2.45) is 17.8 Å². The summed E-state index contributed by atoms with van der Waals surface area (Å²) in [5, 5.41) is 7.66. The third-order valence-electron chi connectivity index (χ3n) is 6.87. The number of nitrogens with zero attached hydrogens (tertiary/aromatic N) is 1. The quantitative estimate of drug-likeness (QED) is 0.424. The van der Waals surface area contributed by atoms with Crippen molar-refractivity contribution in [1.82, 2.24) is 20.9 Å². The Morgan fingerprint density at radius 3 is 2.42 bits per heavy atom. The highest BCUT2D eigenvalue weighted by atomic mass is 19.4. The summed E-state index contributed by atoms with van der Waals surface area (Å²) >= 11 is 0. The molecular weight excluding hydrogens is 485 g/mol. The minimum absolute atomic E-state index is 0.00420. The number of nitrogens with one attached hydrogen (secondary N) is 3. The van der Waals surface area contributed by atoms with Crippen LogP contribution in [0.5, 0.6) is 0 Å². The first kappa shape index (κ1) is 27.9. The van der Waals surface area contributed by atoms with E-state index in [-0.39, 0.29) is 30.7 Å². The van der Waals surface area contributed by atoms with Gasteiger partial charge in [-0.3, -0.25) is 28.7 Å². The number of fused-ring (bicyclic) bond motifs is 1. The Bertz CT molecular complexity index is 903. The number of ether oxygens (including phenoxy) is 1. The van der Waals surface area contributed by atoms with E-state index >= 15 is 0 Å². The second kappa shape index (κ2) is 10.7. The molecule has 1 saturated carbocycles. The van der Waals surface area contributed by atoms with Gasteiger partial charge >= 0.3 is 18.2 Å². The summed E-state index contributed by atoms with van der Waals surface area (Å²) < 4.78 is 41.2. The number of hydrogen-bond donors (Lipinski definition) is 3. The molecule has 13 heteroatoms. The molecule has 202 valence electrons. The number of rotatable bonds is 7. The van der Waals surface area contributed by atoms with E-state index in [0.717, 1.165) is 12.8 Å². The molecule has 0 aromatic heterocycles. The Morgan fingerprint density at radius 1 is 1.14 bits per heavy atom. The van der Waals surface area contributed by atoms with Crippen molar-refractivity contribution in [3.63, 3.8) is 0 Å². The van der Waals surface area contributed by atoms with Gasteiger partial charge < -0.3 is 20.9 Å². The molecule has 0 radical (unpaired) electrons. The summed E-state index contributed by atoms with van der Waals surface area (Å²) in [6.45, 7) is 4.35. The number of amides is 4. The van der Waals surface area contributed by atoms with E-state index in [4.69, 9.17) is 0 Å². The SMILES string of the molecule is CC(C)(C)NC(=O)C(=O)N1CC2CCCC2C1C(=O)N[C@@H](C[C@@H]1CCNC1=O)C(=O)COC(F)(F)F. The van der Waals surface area contributed by atoms with Crippen molar-refractivity contribution in [3.05, 3.63) is 0 Å². The zero-order valence-corrected chi connectivity index (χ0v) is 20.6. The normalized spacial score (nSPS) is 26.8. The third kappa shape index (κ3) is 6.95. The van der Waals surface area contributed by atoms with Crippen molar-refractivity contribution in [3.8, 4) is 0 Å². The van der Waals surface area contributed by atoms with Crippen LogP contribution in [0.25, 0.3) is 0 Å². The first-order valence-corrected chi connectivity index (χ1v) is 12.1. The molecule has 36 heavy (non-hydrogen) atoms. The van der Waals surface area contributed by atoms with Crippen molar-refractivity contribution in [2.45, 2.75) is 76.9 Å². The number of likely N-dealkylation sites (tertiary alicyclic amines) is 1. The fourth-order valence-corrected chi connectivity index (χ4v) is 5.31. The number of Topliss-reactive ketones (excluding diaryl/α,β-unsaturated/α-hetero) is 1. The van der Waals surface area contributed by atoms with Crippen LogP contribution in [0.2, 0.25) is 0 Å². The van der Waals surface area contributed by atoms with Gasteiger partial charge in [0, 0.05) is 24.5 Å². The minimum atomic E-state index is -5.04. The maximum absolute atomic E-state index is 13.4. The summed E-state index contributed by atoms with van der Waals surface area (Å²) in [6, 6.07) is -2.47. The van der Waals surface area contributed by atoms with Gasteiger partial charge in [-0.05, 0) is 58.3 Å². The average molecular weight is 519 g/mol. The van der Waals surface area contributed by atoms with Gasteiger partial charge in [0.15, 0.2) is 5.78 Å². The predicted molar refractivity (Wildman–Crippen MR) is 119 cm³/mol. The first-order chi connectivity index (χ1) is 16.7. The van der Waals surface area contributed by atoms with E-state index in [0.29, 0.717) is 19.4 Å². The molecule has 5 atom stereocenters. The molecule has 2 heterocycles. The van der Waals surface area contributed by atoms with Gasteiger partial charge in [0.1, 0.15) is 12.6 Å². The van der Waals surface area contributed by atoms with Crippen LogP contribution in [-0.4, -0.2) is 78.0 Å². The van der Waals surface area contributed by atoms with E-state index in [1.54, 1.807) is 20.8 Å². The Hall–Kier alpha value is -2.70. The highest BCUT2D eigenvalue weighted by Crippen LogP contribution is 2.42. The van der Waals surface area contributed by atoms with E-state index in [1.807, 2.05) is 0 Å². The molecule has 3 N–H and O–H groups in total. The Balaban J connectivity index is 1.78. The summed E-state index contributed by atoms with van der Waals surface area (Å²) in [4.78, 5) is 64.8. The highest BCUT2D eigenvalue weighted by Gasteiger charge is 2.51. The number of carbonyl (C=O) groups is 5. The molecule has 0 aromatic rings. The molecule has 3 rings (SSSR count). The van der Waals surface area contributed by atoms with E-state index in [1.165, 1.54) is 4.90 Å². The lowest BCUT2D eigenvalue weighted by Gasteiger charge is -2.30. The number of carbonyl (C=O) groups excluding carboxylic acids is 5. The lowest BCUT2D eigenvalue weighted by molar-refractivity contribution is -0.321. The van der Waals surface area contributed by atoms with Crippen LogP contribution in [0.3, 0.4) is 0 Å². The largest absolute Gasteiger partial charge is 0.522 e. The zero-order chi connectivity index (χ0) is 26.8. The van der Waals surface area contributed by atoms with Crippen molar-refractivity contribution in [2.75, 3.05) is 19.7 Å². The van der Waals surface area contributed by atoms with E-state index in [2.05, 4.69) is 20.7 Å². The molecule has 0 spiro atoms. The number of hydrogen-bond acceptors (Lipinski definition) is 6. The fraction of sp³-hybridized carbons (Fsp3) is 0.783. The molecule has 3 aliphatic rings. The number of ketones is 1. The summed E-state index contributed by atoms with van der Waals surface area (Å²) in [6.07, 6.45) is -2.64.